The van der Waals surface area contributed by atoms with E-state index in [1.165, 1.54) is 0 Å². The van der Waals surface area contributed by atoms with E-state index in [0.29, 0.717) is 31.9 Å². The Morgan fingerprint density at radius 1 is 1.09 bits per heavy atom. The Morgan fingerprint density at radius 2 is 1.94 bits per heavy atom. The molecule has 0 atom stereocenters. The molecule has 7 nitrogen and oxygen atoms in total. The molecule has 0 heterocycles. The summed E-state index contributed by atoms with van der Waals surface area (Å²) in [5.74, 6) is 1.54. The van der Waals surface area contributed by atoms with E-state index in [0.717, 1.165) is 47.8 Å². The predicted molar refractivity (Wildman–Crippen MR) is 130 cm³/mol. The van der Waals surface area contributed by atoms with Gasteiger partial charge in [-0.3, -0.25) is 4.79 Å². The zero-order chi connectivity index (χ0) is 23.2. The molecular weight excluding hydrogens is 404 g/mol. The Hall–Kier alpha value is -3.06. The van der Waals surface area contributed by atoms with Crippen LogP contribution in [-0.4, -0.2) is 52.3 Å². The van der Waals surface area contributed by atoms with E-state index in [1.54, 1.807) is 14.2 Å². The molecule has 3 N–H and O–H groups in total. The van der Waals surface area contributed by atoms with Crippen molar-refractivity contribution in [1.29, 1.82) is 0 Å². The number of hydrogen-bond acceptors (Lipinski definition) is 4. The molecule has 174 valence electrons. The average Bonchev–Trinajstić information content (AvgIpc) is 2.80. The van der Waals surface area contributed by atoms with Crippen LogP contribution in [0.15, 0.2) is 47.5 Å². The number of guanidine groups is 1. The summed E-state index contributed by atoms with van der Waals surface area (Å²) in [4.78, 5) is 16.6. The average molecular weight is 441 g/mol. The monoisotopic (exact) mass is 440 g/mol. The number of hydrogen-bond donors (Lipinski definition) is 3. The SMILES string of the molecule is CCNC(=NCc1ccc(C)cc1OCCCOC)NCCc1cccc(C(=O)NC)c1. The van der Waals surface area contributed by atoms with Crippen LogP contribution in [0, 0.1) is 6.92 Å². The molecule has 7 heteroatoms. The van der Waals surface area contributed by atoms with Crippen LogP contribution in [0.25, 0.3) is 0 Å². The van der Waals surface area contributed by atoms with Gasteiger partial charge in [0.05, 0.1) is 13.2 Å². The highest BCUT2D eigenvalue weighted by molar-refractivity contribution is 5.94. The summed E-state index contributed by atoms with van der Waals surface area (Å²) in [6.07, 6.45) is 1.63. The summed E-state index contributed by atoms with van der Waals surface area (Å²) < 4.78 is 11.1. The van der Waals surface area contributed by atoms with Crippen LogP contribution in [0.3, 0.4) is 0 Å². The second-order valence-electron chi connectivity index (χ2n) is 7.46. The number of aryl methyl sites for hydroxylation is 1. The smallest absolute Gasteiger partial charge is 0.251 e. The maximum absolute atomic E-state index is 11.8. The van der Waals surface area contributed by atoms with Gasteiger partial charge in [0.25, 0.3) is 5.91 Å². The molecule has 0 saturated carbocycles. The Labute approximate surface area is 191 Å². The number of benzene rings is 2. The van der Waals surface area contributed by atoms with Gasteiger partial charge in [-0.2, -0.15) is 0 Å². The van der Waals surface area contributed by atoms with Gasteiger partial charge in [-0.25, -0.2) is 4.99 Å². The van der Waals surface area contributed by atoms with Crippen molar-refractivity contribution in [3.63, 3.8) is 0 Å². The second kappa shape index (κ2) is 14.1. The number of nitrogens with zero attached hydrogens (tertiary/aromatic N) is 1. The number of carbonyl (C=O) groups excluding carboxylic acids is 1. The highest BCUT2D eigenvalue weighted by Crippen LogP contribution is 2.21. The Kier molecular flexibility index (Phi) is 11.1. The van der Waals surface area contributed by atoms with Gasteiger partial charge >= 0.3 is 0 Å². The molecule has 0 spiro atoms. The minimum absolute atomic E-state index is 0.0759. The summed E-state index contributed by atoms with van der Waals surface area (Å²) in [6.45, 7) is 7.38. The maximum atomic E-state index is 11.8. The van der Waals surface area contributed by atoms with E-state index in [-0.39, 0.29) is 5.91 Å². The van der Waals surface area contributed by atoms with E-state index >= 15 is 0 Å². The third-order valence-corrected chi connectivity index (χ3v) is 4.85. The minimum atomic E-state index is -0.0759. The fourth-order valence-corrected chi connectivity index (χ4v) is 3.16. The van der Waals surface area contributed by atoms with Crippen LogP contribution >= 0.6 is 0 Å². The summed E-state index contributed by atoms with van der Waals surface area (Å²) in [5, 5.41) is 9.32. The Balaban J connectivity index is 1.97. The van der Waals surface area contributed by atoms with E-state index in [2.05, 4.69) is 41.1 Å². The fraction of sp³-hybridized carbons (Fsp3) is 0.440. The van der Waals surface area contributed by atoms with Gasteiger partial charge in [-0.05, 0) is 49.6 Å². The largest absolute Gasteiger partial charge is 0.493 e. The molecule has 0 bridgehead atoms. The summed E-state index contributed by atoms with van der Waals surface area (Å²) in [6, 6.07) is 13.9. The van der Waals surface area contributed by atoms with Crippen molar-refractivity contribution >= 4 is 11.9 Å². The first-order chi connectivity index (χ1) is 15.6. The van der Waals surface area contributed by atoms with Crippen molar-refractivity contribution in [1.82, 2.24) is 16.0 Å². The molecule has 0 aliphatic heterocycles. The van der Waals surface area contributed by atoms with Gasteiger partial charge in [0.15, 0.2) is 5.96 Å². The molecule has 32 heavy (non-hydrogen) atoms. The molecule has 0 aromatic heterocycles. The number of methoxy groups -OCH3 is 1. The van der Waals surface area contributed by atoms with E-state index in [9.17, 15) is 4.79 Å². The van der Waals surface area contributed by atoms with E-state index < -0.39 is 0 Å². The number of nitrogens with one attached hydrogen (secondary N) is 3. The zero-order valence-electron chi connectivity index (χ0n) is 19.7. The van der Waals surface area contributed by atoms with Crippen molar-refractivity contribution in [2.75, 3.05) is 40.5 Å². The van der Waals surface area contributed by atoms with Gasteiger partial charge < -0.3 is 25.4 Å². The topological polar surface area (TPSA) is 84.0 Å². The number of ether oxygens (including phenoxy) is 2. The molecule has 0 aliphatic rings. The van der Waals surface area contributed by atoms with Gasteiger partial charge in [-0.1, -0.05) is 24.3 Å². The van der Waals surface area contributed by atoms with Gasteiger partial charge in [0.1, 0.15) is 5.75 Å². The first-order valence-corrected chi connectivity index (χ1v) is 11.1. The molecule has 2 aromatic carbocycles. The minimum Gasteiger partial charge on any atom is -0.493 e. The van der Waals surface area contributed by atoms with Crippen LogP contribution in [0.1, 0.15) is 40.4 Å². The standard InChI is InChI=1S/C25H36N4O3/c1-5-27-25(28-13-12-20-8-6-9-21(17-20)24(30)26-3)29-18-22-11-10-19(2)16-23(22)32-15-7-14-31-4/h6,8-11,16-17H,5,7,12-15,18H2,1-4H3,(H,26,30)(H2,27,28,29). The molecule has 0 fully saturated rings. The van der Waals surface area contributed by atoms with Crippen molar-refractivity contribution in [2.45, 2.75) is 33.2 Å². The molecular formula is C25H36N4O3. The van der Waals surface area contributed by atoms with Crippen LogP contribution < -0.4 is 20.7 Å². The van der Waals surface area contributed by atoms with E-state index in [1.807, 2.05) is 31.2 Å². The lowest BCUT2D eigenvalue weighted by Gasteiger charge is -2.14. The van der Waals surface area contributed by atoms with Crippen molar-refractivity contribution in [2.24, 2.45) is 4.99 Å². The number of aliphatic imine (C=N–C) groups is 1. The number of carbonyl (C=O) groups is 1. The Bertz CT molecular complexity index is 883. The number of rotatable bonds is 12. The third kappa shape index (κ3) is 8.59. The zero-order valence-corrected chi connectivity index (χ0v) is 19.7. The fourth-order valence-electron chi connectivity index (χ4n) is 3.16. The lowest BCUT2D eigenvalue weighted by molar-refractivity contribution is 0.0963. The van der Waals surface area contributed by atoms with Gasteiger partial charge in [-0.15, -0.1) is 0 Å². The summed E-state index contributed by atoms with van der Waals surface area (Å²) in [7, 11) is 3.33. The van der Waals surface area contributed by atoms with Crippen molar-refractivity contribution in [3.05, 3.63) is 64.7 Å². The predicted octanol–water partition coefficient (Wildman–Crippen LogP) is 3.07. The normalized spacial score (nSPS) is 11.2. The Morgan fingerprint density at radius 3 is 2.69 bits per heavy atom. The van der Waals surface area contributed by atoms with Crippen LogP contribution in [-0.2, 0) is 17.7 Å². The van der Waals surface area contributed by atoms with Gasteiger partial charge in [0, 0.05) is 51.4 Å². The molecule has 0 saturated heterocycles. The second-order valence-corrected chi connectivity index (χ2v) is 7.46. The summed E-state index contributed by atoms with van der Waals surface area (Å²) >= 11 is 0. The number of amides is 1. The molecule has 0 unspecified atom stereocenters. The van der Waals surface area contributed by atoms with Crippen LogP contribution in [0.2, 0.25) is 0 Å². The molecule has 0 radical (unpaired) electrons. The summed E-state index contributed by atoms with van der Waals surface area (Å²) in [5.41, 5.74) is 3.97. The van der Waals surface area contributed by atoms with Gasteiger partial charge in [0.2, 0.25) is 0 Å². The highest BCUT2D eigenvalue weighted by atomic mass is 16.5. The molecule has 1 amide bonds. The van der Waals surface area contributed by atoms with Crippen molar-refractivity contribution < 1.29 is 14.3 Å². The highest BCUT2D eigenvalue weighted by Gasteiger charge is 2.07. The molecule has 0 aliphatic carbocycles. The van der Waals surface area contributed by atoms with E-state index in [4.69, 9.17) is 14.5 Å². The van der Waals surface area contributed by atoms with Crippen LogP contribution in [0.5, 0.6) is 5.75 Å². The van der Waals surface area contributed by atoms with Crippen molar-refractivity contribution in [3.8, 4) is 5.75 Å². The first-order valence-electron chi connectivity index (χ1n) is 11.1. The third-order valence-electron chi connectivity index (χ3n) is 4.85. The molecule has 2 aromatic rings. The lowest BCUT2D eigenvalue weighted by atomic mass is 10.1. The van der Waals surface area contributed by atoms with Crippen LogP contribution in [0.4, 0.5) is 0 Å². The lowest BCUT2D eigenvalue weighted by Crippen LogP contribution is -2.38. The quantitative estimate of drug-likeness (QED) is 0.268. The first kappa shape index (κ1) is 25.2. The maximum Gasteiger partial charge on any atom is 0.251 e. The molecule has 2 rings (SSSR count).